The number of piperidine rings is 1. The van der Waals surface area contributed by atoms with Gasteiger partial charge in [-0.1, -0.05) is 0 Å². The normalized spacial score (nSPS) is 22.4. The molecule has 1 N–H and O–H groups in total. The highest BCUT2D eigenvalue weighted by atomic mass is 16.5. The Morgan fingerprint density at radius 1 is 1.64 bits per heavy atom. The highest BCUT2D eigenvalue weighted by molar-refractivity contribution is 5.76. The maximum absolute atomic E-state index is 11.6. The number of methoxy groups -OCH3 is 1. The Morgan fingerprint density at radius 2 is 2.43 bits per heavy atom. The van der Waals surface area contributed by atoms with Crippen molar-refractivity contribution in [3.05, 3.63) is 0 Å². The Balaban J connectivity index is 2.31. The largest absolute Gasteiger partial charge is 0.384 e. The third-order valence-corrected chi connectivity index (χ3v) is 2.70. The maximum atomic E-state index is 11.6. The minimum absolute atomic E-state index is 0.215. The summed E-state index contributed by atoms with van der Waals surface area (Å²) in [5, 5.41) is 3.22. The van der Waals surface area contributed by atoms with Crippen LogP contribution < -0.4 is 5.32 Å². The lowest BCUT2D eigenvalue weighted by Crippen LogP contribution is -2.47. The average Bonchev–Trinajstić information content (AvgIpc) is 2.26. The van der Waals surface area contributed by atoms with Gasteiger partial charge in [-0.25, -0.2) is 0 Å². The third kappa shape index (κ3) is 3.27. The van der Waals surface area contributed by atoms with Crippen molar-refractivity contribution < 1.29 is 9.53 Å². The summed E-state index contributed by atoms with van der Waals surface area (Å²) >= 11 is 0. The van der Waals surface area contributed by atoms with E-state index in [1.165, 1.54) is 6.42 Å². The van der Waals surface area contributed by atoms with Crippen LogP contribution in [0.5, 0.6) is 0 Å². The summed E-state index contributed by atoms with van der Waals surface area (Å²) in [6.45, 7) is 2.28. The zero-order valence-electron chi connectivity index (χ0n) is 9.08. The summed E-state index contributed by atoms with van der Waals surface area (Å²) in [5.74, 6) is 0.215. The van der Waals surface area contributed by atoms with E-state index in [-0.39, 0.29) is 5.91 Å². The standard InChI is InChI=1S/C10H20N2O2/c1-11-9-4-3-6-12(8-9)10(13)5-7-14-2/h9,11H,3-8H2,1-2H3. The van der Waals surface area contributed by atoms with Gasteiger partial charge in [-0.05, 0) is 19.9 Å². The van der Waals surface area contributed by atoms with Crippen LogP contribution in [0.15, 0.2) is 0 Å². The van der Waals surface area contributed by atoms with E-state index in [4.69, 9.17) is 4.74 Å². The Bertz CT molecular complexity index is 185. The van der Waals surface area contributed by atoms with E-state index < -0.39 is 0 Å². The van der Waals surface area contributed by atoms with Crippen molar-refractivity contribution >= 4 is 5.91 Å². The molecule has 82 valence electrons. The highest BCUT2D eigenvalue weighted by Crippen LogP contribution is 2.10. The SMILES string of the molecule is CNC1CCCN(C(=O)CCOC)C1. The van der Waals surface area contributed by atoms with Crippen LogP contribution in [-0.2, 0) is 9.53 Å². The van der Waals surface area contributed by atoms with Crippen molar-refractivity contribution in [1.82, 2.24) is 10.2 Å². The van der Waals surface area contributed by atoms with Crippen molar-refractivity contribution in [3.63, 3.8) is 0 Å². The van der Waals surface area contributed by atoms with Crippen molar-refractivity contribution in [3.8, 4) is 0 Å². The van der Waals surface area contributed by atoms with Crippen LogP contribution in [0.25, 0.3) is 0 Å². The number of nitrogens with one attached hydrogen (secondary N) is 1. The summed E-state index contributed by atoms with van der Waals surface area (Å²) in [6, 6.07) is 0.468. The van der Waals surface area contributed by atoms with E-state index >= 15 is 0 Å². The predicted octanol–water partition coefficient (Wildman–Crippen LogP) is 0.233. The first-order valence-corrected chi connectivity index (χ1v) is 5.22. The summed E-state index contributed by atoms with van der Waals surface area (Å²) in [7, 11) is 3.58. The van der Waals surface area contributed by atoms with Crippen LogP contribution in [-0.4, -0.2) is 50.7 Å². The van der Waals surface area contributed by atoms with Crippen molar-refractivity contribution in [2.75, 3.05) is 33.9 Å². The monoisotopic (exact) mass is 200 g/mol. The molecule has 1 rings (SSSR count). The Labute approximate surface area is 85.6 Å². The number of ether oxygens (including phenoxy) is 1. The fourth-order valence-corrected chi connectivity index (χ4v) is 1.79. The number of carbonyl (C=O) groups is 1. The summed E-state index contributed by atoms with van der Waals surface area (Å²) < 4.78 is 4.89. The second-order valence-electron chi connectivity index (χ2n) is 3.71. The molecule has 0 saturated carbocycles. The van der Waals surface area contributed by atoms with Gasteiger partial charge >= 0.3 is 0 Å². The number of hydrogen-bond donors (Lipinski definition) is 1. The van der Waals surface area contributed by atoms with Crippen LogP contribution in [0.2, 0.25) is 0 Å². The first kappa shape index (κ1) is 11.5. The van der Waals surface area contributed by atoms with Gasteiger partial charge in [-0.15, -0.1) is 0 Å². The molecule has 0 aromatic carbocycles. The first-order valence-electron chi connectivity index (χ1n) is 5.22. The van der Waals surface area contributed by atoms with E-state index in [0.717, 1.165) is 19.5 Å². The van der Waals surface area contributed by atoms with Gasteiger partial charge in [0, 0.05) is 26.2 Å². The number of likely N-dealkylation sites (tertiary alicyclic amines) is 1. The van der Waals surface area contributed by atoms with Crippen LogP contribution in [0.4, 0.5) is 0 Å². The molecule has 0 radical (unpaired) electrons. The van der Waals surface area contributed by atoms with Crippen molar-refractivity contribution in [2.45, 2.75) is 25.3 Å². The molecule has 1 saturated heterocycles. The highest BCUT2D eigenvalue weighted by Gasteiger charge is 2.21. The molecule has 0 spiro atoms. The van der Waals surface area contributed by atoms with Crippen LogP contribution in [0, 0.1) is 0 Å². The second-order valence-corrected chi connectivity index (χ2v) is 3.71. The third-order valence-electron chi connectivity index (χ3n) is 2.70. The second kappa shape index (κ2) is 5.98. The summed E-state index contributed by atoms with van der Waals surface area (Å²) in [4.78, 5) is 13.6. The molecule has 1 unspecified atom stereocenters. The van der Waals surface area contributed by atoms with Crippen molar-refractivity contribution in [1.29, 1.82) is 0 Å². The van der Waals surface area contributed by atoms with Gasteiger partial charge in [0.15, 0.2) is 0 Å². The number of likely N-dealkylation sites (N-methyl/N-ethyl adjacent to an activating group) is 1. The number of amides is 1. The fraction of sp³-hybridized carbons (Fsp3) is 0.900. The molecule has 4 nitrogen and oxygen atoms in total. The number of carbonyl (C=O) groups excluding carboxylic acids is 1. The molecular formula is C10H20N2O2. The molecule has 0 aliphatic carbocycles. The molecule has 1 aliphatic rings. The minimum atomic E-state index is 0.215. The van der Waals surface area contributed by atoms with E-state index in [0.29, 0.717) is 19.1 Å². The molecule has 1 atom stereocenters. The molecule has 4 heteroatoms. The lowest BCUT2D eigenvalue weighted by molar-refractivity contribution is -0.133. The Morgan fingerprint density at radius 3 is 3.07 bits per heavy atom. The molecule has 1 amide bonds. The summed E-state index contributed by atoms with van der Waals surface area (Å²) in [6.07, 6.45) is 2.78. The Kier molecular flexibility index (Phi) is 4.90. The first-order chi connectivity index (χ1) is 6.77. The Hall–Kier alpha value is -0.610. The van der Waals surface area contributed by atoms with Gasteiger partial charge < -0.3 is 15.0 Å². The quantitative estimate of drug-likeness (QED) is 0.706. The lowest BCUT2D eigenvalue weighted by atomic mass is 10.1. The number of rotatable bonds is 4. The van der Waals surface area contributed by atoms with E-state index in [1.54, 1.807) is 7.11 Å². The maximum Gasteiger partial charge on any atom is 0.224 e. The average molecular weight is 200 g/mol. The molecule has 0 aromatic rings. The van der Waals surface area contributed by atoms with Gasteiger partial charge in [-0.3, -0.25) is 4.79 Å². The number of hydrogen-bond acceptors (Lipinski definition) is 3. The van der Waals surface area contributed by atoms with Crippen LogP contribution in [0.3, 0.4) is 0 Å². The van der Waals surface area contributed by atoms with Gasteiger partial charge in [0.2, 0.25) is 5.91 Å². The fourth-order valence-electron chi connectivity index (χ4n) is 1.79. The zero-order chi connectivity index (χ0) is 10.4. The molecule has 1 aliphatic heterocycles. The van der Waals surface area contributed by atoms with E-state index in [1.807, 2.05) is 11.9 Å². The lowest BCUT2D eigenvalue weighted by Gasteiger charge is -2.32. The van der Waals surface area contributed by atoms with Crippen molar-refractivity contribution in [2.24, 2.45) is 0 Å². The van der Waals surface area contributed by atoms with E-state index in [2.05, 4.69) is 5.32 Å². The summed E-state index contributed by atoms with van der Waals surface area (Å²) in [5.41, 5.74) is 0. The molecule has 0 aromatic heterocycles. The van der Waals surface area contributed by atoms with Crippen LogP contribution in [0.1, 0.15) is 19.3 Å². The topological polar surface area (TPSA) is 41.6 Å². The molecule has 14 heavy (non-hydrogen) atoms. The smallest absolute Gasteiger partial charge is 0.224 e. The molecular weight excluding hydrogens is 180 g/mol. The van der Waals surface area contributed by atoms with Crippen LogP contribution >= 0.6 is 0 Å². The van der Waals surface area contributed by atoms with E-state index in [9.17, 15) is 4.79 Å². The number of nitrogens with zero attached hydrogens (tertiary/aromatic N) is 1. The molecule has 1 heterocycles. The zero-order valence-corrected chi connectivity index (χ0v) is 9.08. The van der Waals surface area contributed by atoms with Gasteiger partial charge in [-0.2, -0.15) is 0 Å². The predicted molar refractivity (Wildman–Crippen MR) is 55.2 cm³/mol. The van der Waals surface area contributed by atoms with Gasteiger partial charge in [0.05, 0.1) is 13.0 Å². The van der Waals surface area contributed by atoms with Gasteiger partial charge in [0.1, 0.15) is 0 Å². The molecule has 1 fully saturated rings. The minimum Gasteiger partial charge on any atom is -0.384 e. The van der Waals surface area contributed by atoms with Gasteiger partial charge in [0.25, 0.3) is 0 Å². The molecule has 0 bridgehead atoms.